The standard InChI is InChI=1S/C10H18N4O2S/c1-8(6-17(2)16)13-10(15)9-5-14(4-3-11)7-12-9/h5,7-8H,3-4,6,11H2,1-2H3,(H,13,15). The summed E-state index contributed by atoms with van der Waals surface area (Å²) in [6.07, 6.45) is 4.83. The number of carbonyl (C=O) groups is 1. The Bertz CT molecular complexity index is 405. The molecule has 6 nitrogen and oxygen atoms in total. The zero-order chi connectivity index (χ0) is 12.8. The molecule has 0 radical (unpaired) electrons. The van der Waals surface area contributed by atoms with E-state index in [-0.39, 0.29) is 11.9 Å². The number of nitrogens with zero attached hydrogens (tertiary/aromatic N) is 2. The van der Waals surface area contributed by atoms with E-state index in [9.17, 15) is 9.00 Å². The third kappa shape index (κ3) is 4.66. The molecular weight excluding hydrogens is 240 g/mol. The van der Waals surface area contributed by atoms with Gasteiger partial charge in [0, 0.05) is 48.1 Å². The summed E-state index contributed by atoms with van der Waals surface area (Å²) in [4.78, 5) is 15.7. The molecule has 1 rings (SSSR count). The van der Waals surface area contributed by atoms with Gasteiger partial charge >= 0.3 is 0 Å². The lowest BCUT2D eigenvalue weighted by Crippen LogP contribution is -2.36. The van der Waals surface area contributed by atoms with Gasteiger partial charge in [-0.15, -0.1) is 0 Å². The second-order valence-electron chi connectivity index (χ2n) is 3.90. The number of rotatable bonds is 6. The Morgan fingerprint density at radius 3 is 3.00 bits per heavy atom. The van der Waals surface area contributed by atoms with Crippen LogP contribution in [0.2, 0.25) is 0 Å². The molecule has 0 aliphatic rings. The van der Waals surface area contributed by atoms with Crippen LogP contribution in [0.1, 0.15) is 17.4 Å². The van der Waals surface area contributed by atoms with Gasteiger partial charge in [0.2, 0.25) is 0 Å². The van der Waals surface area contributed by atoms with Crippen molar-refractivity contribution in [1.82, 2.24) is 14.9 Å². The fraction of sp³-hybridized carbons (Fsp3) is 0.600. The number of hydrogen-bond acceptors (Lipinski definition) is 4. The van der Waals surface area contributed by atoms with Crippen LogP contribution in [-0.4, -0.2) is 44.3 Å². The topological polar surface area (TPSA) is 90.0 Å². The number of imidazole rings is 1. The summed E-state index contributed by atoms with van der Waals surface area (Å²) in [5.41, 5.74) is 5.75. The molecule has 1 heterocycles. The second-order valence-corrected chi connectivity index (χ2v) is 5.38. The highest BCUT2D eigenvalue weighted by Gasteiger charge is 2.13. The van der Waals surface area contributed by atoms with E-state index >= 15 is 0 Å². The van der Waals surface area contributed by atoms with Crippen molar-refractivity contribution in [2.24, 2.45) is 5.73 Å². The molecule has 7 heteroatoms. The summed E-state index contributed by atoms with van der Waals surface area (Å²) < 4.78 is 12.7. The SMILES string of the molecule is CC(CS(C)=O)NC(=O)c1cn(CCN)cn1. The van der Waals surface area contributed by atoms with E-state index in [1.807, 2.05) is 6.92 Å². The minimum Gasteiger partial charge on any atom is -0.347 e. The smallest absolute Gasteiger partial charge is 0.271 e. The van der Waals surface area contributed by atoms with Crippen molar-refractivity contribution in [3.05, 3.63) is 18.2 Å². The summed E-state index contributed by atoms with van der Waals surface area (Å²) in [6.45, 7) is 2.95. The lowest BCUT2D eigenvalue weighted by atomic mass is 10.3. The number of carbonyl (C=O) groups excluding carboxylic acids is 1. The van der Waals surface area contributed by atoms with Crippen LogP contribution in [0.25, 0.3) is 0 Å². The molecule has 0 aromatic carbocycles. The molecule has 1 amide bonds. The molecule has 96 valence electrons. The van der Waals surface area contributed by atoms with Gasteiger partial charge in [-0.25, -0.2) is 4.98 Å². The van der Waals surface area contributed by atoms with E-state index in [1.54, 1.807) is 23.3 Å². The molecule has 0 aliphatic heterocycles. The number of hydrogen-bond donors (Lipinski definition) is 2. The van der Waals surface area contributed by atoms with Gasteiger partial charge in [0.25, 0.3) is 5.91 Å². The van der Waals surface area contributed by atoms with E-state index < -0.39 is 10.8 Å². The van der Waals surface area contributed by atoms with E-state index in [1.165, 1.54) is 0 Å². The third-order valence-corrected chi connectivity index (χ3v) is 3.08. The van der Waals surface area contributed by atoms with Gasteiger partial charge in [0.05, 0.1) is 6.33 Å². The van der Waals surface area contributed by atoms with Crippen LogP contribution in [0.4, 0.5) is 0 Å². The predicted octanol–water partition coefficient (Wildman–Crippen LogP) is -0.661. The van der Waals surface area contributed by atoms with Crippen LogP contribution in [0.5, 0.6) is 0 Å². The Morgan fingerprint density at radius 1 is 1.71 bits per heavy atom. The van der Waals surface area contributed by atoms with Crippen molar-refractivity contribution in [3.63, 3.8) is 0 Å². The quantitative estimate of drug-likeness (QED) is 0.708. The Kier molecular flexibility index (Phi) is 5.30. The Morgan fingerprint density at radius 2 is 2.41 bits per heavy atom. The molecule has 0 saturated carbocycles. The van der Waals surface area contributed by atoms with Gasteiger partial charge in [0.1, 0.15) is 5.69 Å². The first-order valence-electron chi connectivity index (χ1n) is 5.35. The van der Waals surface area contributed by atoms with Crippen LogP contribution in [0.15, 0.2) is 12.5 Å². The number of nitrogens with one attached hydrogen (secondary N) is 1. The molecule has 0 bridgehead atoms. The van der Waals surface area contributed by atoms with E-state index in [4.69, 9.17) is 5.73 Å². The van der Waals surface area contributed by atoms with Gasteiger partial charge in [-0.2, -0.15) is 0 Å². The molecule has 17 heavy (non-hydrogen) atoms. The number of amides is 1. The first kappa shape index (κ1) is 13.9. The normalized spacial score (nSPS) is 14.3. The van der Waals surface area contributed by atoms with Crippen molar-refractivity contribution in [2.75, 3.05) is 18.6 Å². The lowest BCUT2D eigenvalue weighted by molar-refractivity contribution is 0.0939. The molecule has 0 spiro atoms. The largest absolute Gasteiger partial charge is 0.347 e. The van der Waals surface area contributed by atoms with Crippen molar-refractivity contribution in [1.29, 1.82) is 0 Å². The Hall–Kier alpha value is -1.21. The summed E-state index contributed by atoms with van der Waals surface area (Å²) in [5.74, 6) is 0.189. The van der Waals surface area contributed by atoms with E-state index in [0.717, 1.165) is 0 Å². The van der Waals surface area contributed by atoms with Gasteiger partial charge in [-0.1, -0.05) is 0 Å². The molecule has 0 fully saturated rings. The Balaban J connectivity index is 2.54. The third-order valence-electron chi connectivity index (χ3n) is 2.12. The maximum Gasteiger partial charge on any atom is 0.271 e. The van der Waals surface area contributed by atoms with Crippen molar-refractivity contribution in [2.45, 2.75) is 19.5 Å². The monoisotopic (exact) mass is 258 g/mol. The summed E-state index contributed by atoms with van der Waals surface area (Å²) in [5, 5.41) is 2.74. The van der Waals surface area contributed by atoms with Crippen molar-refractivity contribution >= 4 is 16.7 Å². The van der Waals surface area contributed by atoms with Crippen LogP contribution >= 0.6 is 0 Å². The van der Waals surface area contributed by atoms with Gasteiger partial charge < -0.3 is 15.6 Å². The summed E-state index contributed by atoms with van der Waals surface area (Å²) in [7, 11) is -0.923. The average Bonchev–Trinajstić information content (AvgIpc) is 2.65. The fourth-order valence-electron chi connectivity index (χ4n) is 1.44. The number of aromatic nitrogens is 2. The first-order chi connectivity index (χ1) is 8.02. The average molecular weight is 258 g/mol. The lowest BCUT2D eigenvalue weighted by Gasteiger charge is -2.10. The number of nitrogens with two attached hydrogens (primary N) is 1. The maximum atomic E-state index is 11.7. The highest BCUT2D eigenvalue weighted by atomic mass is 32.2. The van der Waals surface area contributed by atoms with Crippen molar-refractivity contribution in [3.8, 4) is 0 Å². The molecule has 1 aromatic heterocycles. The van der Waals surface area contributed by atoms with Gasteiger partial charge in [-0.05, 0) is 6.92 Å². The van der Waals surface area contributed by atoms with Crippen molar-refractivity contribution < 1.29 is 9.00 Å². The minimum atomic E-state index is -0.923. The maximum absolute atomic E-state index is 11.7. The fourth-order valence-corrected chi connectivity index (χ4v) is 2.23. The molecule has 2 unspecified atom stereocenters. The predicted molar refractivity (Wildman–Crippen MR) is 67.1 cm³/mol. The van der Waals surface area contributed by atoms with Crippen LogP contribution in [0.3, 0.4) is 0 Å². The highest BCUT2D eigenvalue weighted by Crippen LogP contribution is 1.97. The molecule has 1 aromatic rings. The molecule has 3 N–H and O–H groups in total. The molecule has 0 aliphatic carbocycles. The highest BCUT2D eigenvalue weighted by molar-refractivity contribution is 7.84. The van der Waals surface area contributed by atoms with Gasteiger partial charge in [0.15, 0.2) is 0 Å². The van der Waals surface area contributed by atoms with Crippen LogP contribution < -0.4 is 11.1 Å². The molecular formula is C10H18N4O2S. The van der Waals surface area contributed by atoms with Gasteiger partial charge in [-0.3, -0.25) is 9.00 Å². The van der Waals surface area contributed by atoms with Crippen LogP contribution in [0, 0.1) is 0 Å². The second kappa shape index (κ2) is 6.51. The summed E-state index contributed by atoms with van der Waals surface area (Å²) >= 11 is 0. The van der Waals surface area contributed by atoms with E-state index in [2.05, 4.69) is 10.3 Å². The minimum absolute atomic E-state index is 0.131. The zero-order valence-corrected chi connectivity index (χ0v) is 10.9. The molecule has 0 saturated heterocycles. The molecule has 2 atom stereocenters. The first-order valence-corrected chi connectivity index (χ1v) is 7.08. The summed E-state index contributed by atoms with van der Waals surface area (Å²) in [6, 6.07) is -0.131. The Labute approximate surface area is 103 Å². The van der Waals surface area contributed by atoms with Crippen LogP contribution in [-0.2, 0) is 17.3 Å². The zero-order valence-electron chi connectivity index (χ0n) is 10.0. The van der Waals surface area contributed by atoms with E-state index in [0.29, 0.717) is 24.5 Å².